The number of piperidine rings is 1. The molecule has 2 saturated heterocycles. The van der Waals surface area contributed by atoms with Gasteiger partial charge in [-0.2, -0.15) is 0 Å². The summed E-state index contributed by atoms with van der Waals surface area (Å²) < 4.78 is 11.7. The molecule has 2 aliphatic rings. The number of anilines is 1. The highest BCUT2D eigenvalue weighted by molar-refractivity contribution is 7.98. The van der Waals surface area contributed by atoms with E-state index in [0.29, 0.717) is 19.8 Å². The maximum Gasteiger partial charge on any atom is 0.186 e. The molecule has 1 aromatic rings. The maximum atomic E-state index is 5.98. The Morgan fingerprint density at radius 2 is 2.15 bits per heavy atom. The average Bonchev–Trinajstić information content (AvgIpc) is 2.94. The molecular weight excluding hydrogens is 272 g/mol. The van der Waals surface area contributed by atoms with E-state index in [4.69, 9.17) is 15.2 Å². The molecule has 2 fully saturated rings. The van der Waals surface area contributed by atoms with Crippen LogP contribution in [0.3, 0.4) is 0 Å². The standard InChI is InChI=1S/C15H22N2O2S/c1-20-14-5-2-4-13(12(14)10-16)17-7-3-6-15(11-17)18-8-9-19-15/h2,4-5H,3,6-11,16H2,1H3. The van der Waals surface area contributed by atoms with E-state index in [1.807, 2.05) is 0 Å². The SMILES string of the molecule is CSc1cccc(N2CCCC3(C2)OCCO3)c1CN. The van der Waals surface area contributed by atoms with Crippen molar-refractivity contribution in [3.8, 4) is 0 Å². The van der Waals surface area contributed by atoms with Crippen molar-refractivity contribution >= 4 is 17.4 Å². The van der Waals surface area contributed by atoms with E-state index in [-0.39, 0.29) is 5.79 Å². The summed E-state index contributed by atoms with van der Waals surface area (Å²) in [5.41, 5.74) is 8.44. The molecule has 0 aromatic heterocycles. The second-order valence-corrected chi connectivity index (χ2v) is 6.14. The van der Waals surface area contributed by atoms with Gasteiger partial charge in [0.25, 0.3) is 0 Å². The van der Waals surface area contributed by atoms with E-state index in [1.165, 1.54) is 16.1 Å². The van der Waals surface area contributed by atoms with E-state index >= 15 is 0 Å². The van der Waals surface area contributed by atoms with Crippen molar-refractivity contribution in [2.24, 2.45) is 5.73 Å². The average molecular weight is 294 g/mol. The van der Waals surface area contributed by atoms with Crippen LogP contribution in [-0.2, 0) is 16.0 Å². The summed E-state index contributed by atoms with van der Waals surface area (Å²) in [6, 6.07) is 6.41. The van der Waals surface area contributed by atoms with Crippen molar-refractivity contribution in [2.75, 3.05) is 37.5 Å². The minimum absolute atomic E-state index is 0.389. The number of rotatable bonds is 3. The number of nitrogens with two attached hydrogens (primary N) is 1. The molecule has 1 aromatic carbocycles. The fourth-order valence-electron chi connectivity index (χ4n) is 3.17. The van der Waals surface area contributed by atoms with Gasteiger partial charge in [0.2, 0.25) is 0 Å². The number of benzene rings is 1. The van der Waals surface area contributed by atoms with Gasteiger partial charge in [-0.25, -0.2) is 0 Å². The van der Waals surface area contributed by atoms with Crippen molar-refractivity contribution in [1.82, 2.24) is 0 Å². The Morgan fingerprint density at radius 3 is 2.85 bits per heavy atom. The van der Waals surface area contributed by atoms with Gasteiger partial charge in [-0.1, -0.05) is 6.07 Å². The minimum atomic E-state index is -0.389. The third-order valence-corrected chi connectivity index (χ3v) is 4.93. The van der Waals surface area contributed by atoms with Crippen LogP contribution in [0, 0.1) is 0 Å². The number of thioether (sulfide) groups is 1. The molecule has 4 nitrogen and oxygen atoms in total. The zero-order valence-electron chi connectivity index (χ0n) is 11.9. The molecule has 20 heavy (non-hydrogen) atoms. The predicted octanol–water partition coefficient (Wildman–Crippen LogP) is 2.21. The summed E-state index contributed by atoms with van der Waals surface area (Å²) in [5, 5.41) is 0. The number of hydrogen-bond acceptors (Lipinski definition) is 5. The third kappa shape index (κ3) is 2.55. The first-order valence-corrected chi connectivity index (χ1v) is 8.39. The fourth-order valence-corrected chi connectivity index (χ4v) is 3.82. The molecule has 2 heterocycles. The highest BCUT2D eigenvalue weighted by Crippen LogP contribution is 2.36. The number of nitrogens with zero attached hydrogens (tertiary/aromatic N) is 1. The van der Waals surface area contributed by atoms with E-state index < -0.39 is 0 Å². The number of hydrogen-bond donors (Lipinski definition) is 1. The van der Waals surface area contributed by atoms with Crippen molar-refractivity contribution < 1.29 is 9.47 Å². The van der Waals surface area contributed by atoms with Gasteiger partial charge >= 0.3 is 0 Å². The van der Waals surface area contributed by atoms with Crippen LogP contribution in [0.5, 0.6) is 0 Å². The van der Waals surface area contributed by atoms with Crippen molar-refractivity contribution in [3.63, 3.8) is 0 Å². The largest absolute Gasteiger partial charge is 0.366 e. The van der Waals surface area contributed by atoms with Crippen LogP contribution in [0.1, 0.15) is 18.4 Å². The summed E-state index contributed by atoms with van der Waals surface area (Å²) in [4.78, 5) is 3.63. The van der Waals surface area contributed by atoms with Crippen LogP contribution >= 0.6 is 11.8 Å². The molecule has 1 spiro atoms. The number of ether oxygens (including phenoxy) is 2. The highest BCUT2D eigenvalue weighted by Gasteiger charge is 2.41. The normalized spacial score (nSPS) is 21.6. The van der Waals surface area contributed by atoms with Crippen LogP contribution < -0.4 is 10.6 Å². The second-order valence-electron chi connectivity index (χ2n) is 5.29. The van der Waals surface area contributed by atoms with Gasteiger partial charge in [0.15, 0.2) is 5.79 Å². The predicted molar refractivity (Wildman–Crippen MR) is 82.2 cm³/mol. The van der Waals surface area contributed by atoms with Gasteiger partial charge < -0.3 is 20.1 Å². The Hall–Kier alpha value is -0.750. The molecule has 0 amide bonds. The van der Waals surface area contributed by atoms with E-state index in [1.54, 1.807) is 11.8 Å². The topological polar surface area (TPSA) is 47.7 Å². The molecule has 0 saturated carbocycles. The Morgan fingerprint density at radius 1 is 1.35 bits per heavy atom. The zero-order valence-corrected chi connectivity index (χ0v) is 12.7. The molecule has 3 rings (SSSR count). The molecule has 0 radical (unpaired) electrons. The maximum absolute atomic E-state index is 5.98. The van der Waals surface area contributed by atoms with Gasteiger partial charge in [-0.05, 0) is 24.8 Å². The Bertz CT molecular complexity index is 475. The molecule has 110 valence electrons. The Labute approximate surface area is 124 Å². The smallest absolute Gasteiger partial charge is 0.186 e. The lowest BCUT2D eigenvalue weighted by atomic mass is 10.0. The summed E-state index contributed by atoms with van der Waals surface area (Å²) in [5.74, 6) is -0.389. The van der Waals surface area contributed by atoms with Gasteiger partial charge in [0.1, 0.15) is 0 Å². The molecule has 5 heteroatoms. The lowest BCUT2D eigenvalue weighted by molar-refractivity contribution is -0.161. The zero-order chi connectivity index (χ0) is 14.0. The first-order valence-electron chi connectivity index (χ1n) is 7.17. The van der Waals surface area contributed by atoms with Crippen LogP contribution in [0.15, 0.2) is 23.1 Å². The summed E-state index contributed by atoms with van der Waals surface area (Å²) >= 11 is 1.75. The van der Waals surface area contributed by atoms with E-state index in [9.17, 15) is 0 Å². The minimum Gasteiger partial charge on any atom is -0.366 e. The quantitative estimate of drug-likeness (QED) is 0.866. The van der Waals surface area contributed by atoms with Gasteiger partial charge in [-0.15, -0.1) is 11.8 Å². The van der Waals surface area contributed by atoms with Crippen LogP contribution in [0.25, 0.3) is 0 Å². The van der Waals surface area contributed by atoms with Crippen molar-refractivity contribution in [1.29, 1.82) is 0 Å². The van der Waals surface area contributed by atoms with Gasteiger partial charge in [-0.3, -0.25) is 0 Å². The Kier molecular flexibility index (Phi) is 4.21. The summed E-state index contributed by atoms with van der Waals surface area (Å²) in [6.45, 7) is 3.83. The van der Waals surface area contributed by atoms with E-state index in [0.717, 1.165) is 25.9 Å². The monoisotopic (exact) mass is 294 g/mol. The first-order chi connectivity index (χ1) is 9.78. The van der Waals surface area contributed by atoms with Crippen LogP contribution in [-0.4, -0.2) is 38.3 Å². The Balaban J connectivity index is 1.88. The van der Waals surface area contributed by atoms with Gasteiger partial charge in [0.05, 0.1) is 19.8 Å². The third-order valence-electron chi connectivity index (χ3n) is 4.10. The molecule has 0 unspecified atom stereocenters. The molecule has 2 N–H and O–H groups in total. The molecule has 2 aliphatic heterocycles. The molecule has 0 atom stereocenters. The van der Waals surface area contributed by atoms with Gasteiger partial charge in [0, 0.05) is 35.7 Å². The second kappa shape index (κ2) is 5.93. The highest BCUT2D eigenvalue weighted by atomic mass is 32.2. The van der Waals surface area contributed by atoms with E-state index in [2.05, 4.69) is 29.4 Å². The fraction of sp³-hybridized carbons (Fsp3) is 0.600. The van der Waals surface area contributed by atoms with Crippen molar-refractivity contribution in [3.05, 3.63) is 23.8 Å². The lowest BCUT2D eigenvalue weighted by Gasteiger charge is -2.40. The molecule has 0 aliphatic carbocycles. The van der Waals surface area contributed by atoms with Crippen LogP contribution in [0.2, 0.25) is 0 Å². The molecule has 0 bridgehead atoms. The summed E-state index contributed by atoms with van der Waals surface area (Å²) in [7, 11) is 0. The lowest BCUT2D eigenvalue weighted by Crippen LogP contribution is -2.49. The van der Waals surface area contributed by atoms with Crippen LogP contribution in [0.4, 0.5) is 5.69 Å². The summed E-state index contributed by atoms with van der Waals surface area (Å²) in [6.07, 6.45) is 4.18. The van der Waals surface area contributed by atoms with Crippen molar-refractivity contribution in [2.45, 2.75) is 30.1 Å². The molecular formula is C15H22N2O2S. The first kappa shape index (κ1) is 14.2.